The fraction of sp³-hybridized carbons (Fsp3) is 0.269. The highest BCUT2D eigenvalue weighted by Gasteiger charge is 2.30. The summed E-state index contributed by atoms with van der Waals surface area (Å²) in [5, 5.41) is 9.70. The molecule has 4 rings (SSSR count). The van der Waals surface area contributed by atoms with Crippen molar-refractivity contribution < 1.29 is 32.5 Å². The Morgan fingerprint density at radius 2 is 1.71 bits per heavy atom. The number of para-hydroxylation sites is 1. The predicted molar refractivity (Wildman–Crippen MR) is 124 cm³/mol. The van der Waals surface area contributed by atoms with Gasteiger partial charge < -0.3 is 14.6 Å². The number of carboxylic acid groups (broad SMARTS) is 1. The van der Waals surface area contributed by atoms with Gasteiger partial charge in [0.15, 0.2) is 0 Å². The van der Waals surface area contributed by atoms with Gasteiger partial charge in [-0.1, -0.05) is 42.5 Å². The summed E-state index contributed by atoms with van der Waals surface area (Å²) in [6.45, 7) is 0.0921. The molecule has 1 aliphatic carbocycles. The number of alkyl halides is 3. The molecule has 1 unspecified atom stereocenters. The molecule has 0 amide bonds. The lowest BCUT2D eigenvalue weighted by molar-refractivity contribution is -0.141. The molecule has 0 fully saturated rings. The first-order valence-corrected chi connectivity index (χ1v) is 11.8. The van der Waals surface area contributed by atoms with Gasteiger partial charge in [-0.25, -0.2) is 4.79 Å². The second-order valence-corrected chi connectivity index (χ2v) is 8.99. The molecule has 1 atom stereocenters. The van der Waals surface area contributed by atoms with E-state index in [0.717, 1.165) is 54.3 Å². The molecule has 4 nitrogen and oxygen atoms in total. The Labute approximate surface area is 199 Å². The van der Waals surface area contributed by atoms with E-state index in [2.05, 4.69) is 0 Å². The van der Waals surface area contributed by atoms with Crippen LogP contribution in [0.15, 0.2) is 66.7 Å². The van der Waals surface area contributed by atoms with Crippen molar-refractivity contribution in [3.8, 4) is 11.5 Å². The molecule has 1 aliphatic rings. The average Bonchev–Trinajstić information content (AvgIpc) is 3.30. The maximum atomic E-state index is 12.7. The van der Waals surface area contributed by atoms with Crippen LogP contribution in [0.2, 0.25) is 0 Å². The quantitative estimate of drug-likeness (QED) is 0.349. The van der Waals surface area contributed by atoms with Crippen LogP contribution in [0, 0.1) is 0 Å². The molecular weight excluding hydrogens is 465 g/mol. The highest BCUT2D eigenvalue weighted by Crippen LogP contribution is 2.34. The van der Waals surface area contributed by atoms with Crippen LogP contribution in [0.4, 0.5) is 13.2 Å². The van der Waals surface area contributed by atoms with E-state index in [-0.39, 0.29) is 6.61 Å². The number of thioether (sulfide) groups is 1. The number of aliphatic carboxylic acids is 1. The SMILES string of the molecule is O=C(O)C(Oc1cccc2c1CCC2)SCc1ccccc1OCc1ccc(C(F)(F)F)cc1. The second-order valence-electron chi connectivity index (χ2n) is 7.94. The number of benzene rings is 3. The Balaban J connectivity index is 1.40. The van der Waals surface area contributed by atoms with Gasteiger partial charge in [-0.3, -0.25) is 0 Å². The summed E-state index contributed by atoms with van der Waals surface area (Å²) in [6, 6.07) is 17.7. The molecule has 1 N–H and O–H groups in total. The maximum Gasteiger partial charge on any atom is 0.416 e. The summed E-state index contributed by atoms with van der Waals surface area (Å²) in [5.41, 5.74) is 1.85. The maximum absolute atomic E-state index is 12.7. The summed E-state index contributed by atoms with van der Waals surface area (Å²) >= 11 is 1.14. The Hall–Kier alpha value is -3.13. The van der Waals surface area contributed by atoms with Crippen LogP contribution < -0.4 is 9.47 Å². The van der Waals surface area contributed by atoms with Crippen molar-refractivity contribution in [2.45, 2.75) is 43.2 Å². The molecule has 178 valence electrons. The standard InChI is InChI=1S/C26H23F3O4S/c27-26(28,29)20-13-11-17(12-14-20)15-32-22-9-2-1-5-19(22)16-34-25(24(30)31)33-23-10-4-7-18-6-3-8-21(18)23/h1-2,4-5,7,9-14,25H,3,6,8,15-16H2,(H,30,31). The summed E-state index contributed by atoms with van der Waals surface area (Å²) in [5.74, 6) is 0.417. The smallest absolute Gasteiger partial charge is 0.416 e. The third-order valence-electron chi connectivity index (χ3n) is 5.58. The van der Waals surface area contributed by atoms with Gasteiger partial charge in [-0.05, 0) is 60.2 Å². The molecule has 0 bridgehead atoms. The molecule has 3 aromatic carbocycles. The lowest BCUT2D eigenvalue weighted by Gasteiger charge is -2.18. The predicted octanol–water partition coefficient (Wildman–Crippen LogP) is 6.50. The number of carbonyl (C=O) groups is 1. The molecule has 0 aliphatic heterocycles. The molecule has 0 heterocycles. The number of hydrogen-bond donors (Lipinski definition) is 1. The molecular formula is C26H23F3O4S. The molecule has 0 saturated heterocycles. The summed E-state index contributed by atoms with van der Waals surface area (Å²) in [7, 11) is 0. The van der Waals surface area contributed by atoms with Crippen molar-refractivity contribution >= 4 is 17.7 Å². The van der Waals surface area contributed by atoms with E-state index < -0.39 is 23.1 Å². The number of ether oxygens (including phenoxy) is 2. The van der Waals surface area contributed by atoms with Crippen LogP contribution in [-0.4, -0.2) is 16.5 Å². The van der Waals surface area contributed by atoms with Gasteiger partial charge in [0.2, 0.25) is 5.44 Å². The van der Waals surface area contributed by atoms with Crippen LogP contribution in [0.25, 0.3) is 0 Å². The molecule has 8 heteroatoms. The first kappa shape index (κ1) is 24.0. The van der Waals surface area contributed by atoms with Gasteiger partial charge >= 0.3 is 12.1 Å². The van der Waals surface area contributed by atoms with Crippen LogP contribution in [0.5, 0.6) is 11.5 Å². The van der Waals surface area contributed by atoms with Crippen molar-refractivity contribution in [1.82, 2.24) is 0 Å². The number of fused-ring (bicyclic) bond motifs is 1. The van der Waals surface area contributed by atoms with E-state index in [1.54, 1.807) is 12.1 Å². The Morgan fingerprint density at radius 1 is 0.971 bits per heavy atom. The number of aryl methyl sites for hydroxylation is 1. The van der Waals surface area contributed by atoms with Crippen LogP contribution in [0.1, 0.15) is 34.2 Å². The van der Waals surface area contributed by atoms with Crippen molar-refractivity contribution in [2.75, 3.05) is 0 Å². The van der Waals surface area contributed by atoms with E-state index in [1.165, 1.54) is 17.7 Å². The van der Waals surface area contributed by atoms with E-state index in [1.807, 2.05) is 30.3 Å². The largest absolute Gasteiger partial charge is 0.489 e. The van der Waals surface area contributed by atoms with Crippen molar-refractivity contribution in [1.29, 1.82) is 0 Å². The Bertz CT molecular complexity index is 1150. The normalized spacial score (nSPS) is 13.9. The molecule has 0 spiro atoms. The molecule has 0 radical (unpaired) electrons. The summed E-state index contributed by atoms with van der Waals surface area (Å²) in [6.07, 6.45) is -1.50. The van der Waals surface area contributed by atoms with Crippen molar-refractivity contribution in [3.05, 3.63) is 94.5 Å². The summed E-state index contributed by atoms with van der Waals surface area (Å²) < 4.78 is 50.0. The van der Waals surface area contributed by atoms with Gasteiger partial charge in [0.25, 0.3) is 0 Å². The van der Waals surface area contributed by atoms with Gasteiger partial charge in [0.05, 0.1) is 5.56 Å². The number of hydrogen-bond acceptors (Lipinski definition) is 4. The lowest BCUT2D eigenvalue weighted by Crippen LogP contribution is -2.24. The second kappa shape index (κ2) is 10.4. The zero-order valence-corrected chi connectivity index (χ0v) is 19.0. The molecule has 34 heavy (non-hydrogen) atoms. The Morgan fingerprint density at radius 3 is 2.44 bits per heavy atom. The number of rotatable bonds is 9. The van der Waals surface area contributed by atoms with E-state index in [0.29, 0.717) is 22.8 Å². The Kier molecular flexibility index (Phi) is 7.36. The minimum Gasteiger partial charge on any atom is -0.489 e. The fourth-order valence-electron chi connectivity index (χ4n) is 3.85. The zero-order chi connectivity index (χ0) is 24.1. The minimum absolute atomic E-state index is 0.0921. The monoisotopic (exact) mass is 488 g/mol. The summed E-state index contributed by atoms with van der Waals surface area (Å²) in [4.78, 5) is 11.9. The van der Waals surface area contributed by atoms with Crippen LogP contribution in [-0.2, 0) is 36.2 Å². The van der Waals surface area contributed by atoms with Crippen molar-refractivity contribution in [2.24, 2.45) is 0 Å². The third-order valence-corrected chi connectivity index (χ3v) is 6.66. The van der Waals surface area contributed by atoms with E-state index in [4.69, 9.17) is 9.47 Å². The molecule has 0 aromatic heterocycles. The van der Waals surface area contributed by atoms with Gasteiger partial charge in [-0.15, -0.1) is 11.8 Å². The number of halogens is 3. The first-order chi connectivity index (χ1) is 16.3. The van der Waals surface area contributed by atoms with Gasteiger partial charge in [0.1, 0.15) is 18.1 Å². The zero-order valence-electron chi connectivity index (χ0n) is 18.2. The highest BCUT2D eigenvalue weighted by atomic mass is 32.2. The highest BCUT2D eigenvalue weighted by molar-refractivity contribution is 7.99. The lowest BCUT2D eigenvalue weighted by atomic mass is 10.1. The fourth-order valence-corrected chi connectivity index (χ4v) is 4.73. The molecule has 0 saturated carbocycles. The average molecular weight is 489 g/mol. The van der Waals surface area contributed by atoms with Gasteiger partial charge in [-0.2, -0.15) is 13.2 Å². The van der Waals surface area contributed by atoms with E-state index in [9.17, 15) is 23.1 Å². The van der Waals surface area contributed by atoms with Gasteiger partial charge in [0, 0.05) is 11.3 Å². The van der Waals surface area contributed by atoms with Crippen LogP contribution >= 0.6 is 11.8 Å². The minimum atomic E-state index is -4.38. The third kappa shape index (κ3) is 5.86. The van der Waals surface area contributed by atoms with Crippen LogP contribution in [0.3, 0.4) is 0 Å². The first-order valence-electron chi connectivity index (χ1n) is 10.8. The van der Waals surface area contributed by atoms with E-state index >= 15 is 0 Å². The topological polar surface area (TPSA) is 55.8 Å². The molecule has 3 aromatic rings. The number of carboxylic acids is 1. The van der Waals surface area contributed by atoms with Crippen molar-refractivity contribution in [3.63, 3.8) is 0 Å².